The number of carbonyl (C=O) groups is 1. The first-order valence-corrected chi connectivity index (χ1v) is 7.72. The van der Waals surface area contributed by atoms with Crippen molar-refractivity contribution in [3.63, 3.8) is 0 Å². The highest BCUT2D eigenvalue weighted by Gasteiger charge is 2.26. The molecule has 0 bridgehead atoms. The smallest absolute Gasteiger partial charge is 0.260 e. The third kappa shape index (κ3) is 4.21. The minimum Gasteiger partial charge on any atom is -0.483 e. The van der Waals surface area contributed by atoms with Crippen molar-refractivity contribution in [2.24, 2.45) is 0 Å². The fraction of sp³-hybridized carbons (Fsp3) is 0.588. The van der Waals surface area contributed by atoms with Gasteiger partial charge in [0.2, 0.25) is 0 Å². The van der Waals surface area contributed by atoms with E-state index < -0.39 is 0 Å². The Labute approximate surface area is 126 Å². The second kappa shape index (κ2) is 7.46. The van der Waals surface area contributed by atoms with Crippen LogP contribution in [0.3, 0.4) is 0 Å². The van der Waals surface area contributed by atoms with E-state index in [1.54, 1.807) is 0 Å². The predicted octanol–water partition coefficient (Wildman–Crippen LogP) is 2.45. The number of nitrogens with zero attached hydrogens (tertiary/aromatic N) is 1. The zero-order chi connectivity index (χ0) is 15.2. The van der Waals surface area contributed by atoms with E-state index in [0.717, 1.165) is 42.7 Å². The van der Waals surface area contributed by atoms with Crippen molar-refractivity contribution in [1.82, 2.24) is 4.90 Å². The Morgan fingerprint density at radius 3 is 2.95 bits per heavy atom. The summed E-state index contributed by atoms with van der Waals surface area (Å²) in [4.78, 5) is 14.3. The van der Waals surface area contributed by atoms with Crippen molar-refractivity contribution < 1.29 is 14.6 Å². The van der Waals surface area contributed by atoms with Crippen LogP contribution in [0.5, 0.6) is 5.75 Å². The van der Waals surface area contributed by atoms with Gasteiger partial charge < -0.3 is 14.7 Å². The Morgan fingerprint density at radius 1 is 1.38 bits per heavy atom. The summed E-state index contributed by atoms with van der Waals surface area (Å²) < 4.78 is 5.71. The number of aryl methyl sites for hydroxylation is 2. The van der Waals surface area contributed by atoms with Gasteiger partial charge >= 0.3 is 0 Å². The van der Waals surface area contributed by atoms with Crippen LogP contribution >= 0.6 is 0 Å². The van der Waals surface area contributed by atoms with Gasteiger partial charge in [-0.2, -0.15) is 0 Å². The summed E-state index contributed by atoms with van der Waals surface area (Å²) in [6.07, 6.45) is 3.81. The first kappa shape index (κ1) is 15.8. The van der Waals surface area contributed by atoms with Gasteiger partial charge in [-0.3, -0.25) is 4.79 Å². The lowest BCUT2D eigenvalue weighted by Gasteiger charge is -2.35. The van der Waals surface area contributed by atoms with E-state index in [1.807, 2.05) is 36.9 Å². The normalized spacial score (nSPS) is 18.6. The number of ether oxygens (including phenoxy) is 1. The SMILES string of the molecule is Cc1ccc(C)c(OCC(=O)N2CCCCC2CCO)c1. The van der Waals surface area contributed by atoms with Gasteiger partial charge in [0.25, 0.3) is 5.91 Å². The van der Waals surface area contributed by atoms with Gasteiger partial charge in [-0.05, 0) is 56.7 Å². The molecule has 1 amide bonds. The summed E-state index contributed by atoms with van der Waals surface area (Å²) in [6.45, 7) is 4.98. The largest absolute Gasteiger partial charge is 0.483 e. The molecular formula is C17H25NO3. The molecule has 0 aliphatic carbocycles. The first-order chi connectivity index (χ1) is 10.1. The molecule has 1 N–H and O–H groups in total. The molecule has 1 aromatic rings. The first-order valence-electron chi connectivity index (χ1n) is 7.72. The molecule has 0 aromatic heterocycles. The standard InChI is InChI=1S/C17H25NO3/c1-13-6-7-14(2)16(11-13)21-12-17(20)18-9-4-3-5-15(18)8-10-19/h6-7,11,15,19H,3-5,8-10,12H2,1-2H3. The van der Waals surface area contributed by atoms with E-state index in [4.69, 9.17) is 9.84 Å². The van der Waals surface area contributed by atoms with Gasteiger partial charge in [0.05, 0.1) is 0 Å². The second-order valence-corrected chi connectivity index (χ2v) is 5.81. The fourth-order valence-electron chi connectivity index (χ4n) is 2.86. The highest BCUT2D eigenvalue weighted by atomic mass is 16.5. The molecule has 1 heterocycles. The predicted molar refractivity (Wildman–Crippen MR) is 82.5 cm³/mol. The molecule has 1 saturated heterocycles. The highest BCUT2D eigenvalue weighted by Crippen LogP contribution is 2.22. The van der Waals surface area contributed by atoms with Crippen LogP contribution in [0.1, 0.15) is 36.8 Å². The van der Waals surface area contributed by atoms with Crippen molar-refractivity contribution >= 4 is 5.91 Å². The molecule has 4 nitrogen and oxygen atoms in total. The quantitative estimate of drug-likeness (QED) is 0.906. The Balaban J connectivity index is 1.95. The van der Waals surface area contributed by atoms with Crippen molar-refractivity contribution in [1.29, 1.82) is 0 Å². The van der Waals surface area contributed by atoms with Crippen LogP contribution in [0.15, 0.2) is 18.2 Å². The number of benzene rings is 1. The number of aliphatic hydroxyl groups is 1. The van der Waals surface area contributed by atoms with Gasteiger partial charge in [-0.15, -0.1) is 0 Å². The molecule has 1 fully saturated rings. The van der Waals surface area contributed by atoms with Crippen LogP contribution in [0.2, 0.25) is 0 Å². The molecule has 1 aliphatic rings. The topological polar surface area (TPSA) is 49.8 Å². The lowest BCUT2D eigenvalue weighted by atomic mass is 9.99. The van der Waals surface area contributed by atoms with Gasteiger partial charge in [-0.25, -0.2) is 0 Å². The van der Waals surface area contributed by atoms with Crippen molar-refractivity contribution in [3.8, 4) is 5.75 Å². The summed E-state index contributed by atoms with van der Waals surface area (Å²) in [5.41, 5.74) is 2.16. The van der Waals surface area contributed by atoms with E-state index in [0.29, 0.717) is 6.42 Å². The van der Waals surface area contributed by atoms with E-state index >= 15 is 0 Å². The number of hydrogen-bond donors (Lipinski definition) is 1. The zero-order valence-electron chi connectivity index (χ0n) is 13.0. The van der Waals surface area contributed by atoms with Crippen molar-refractivity contribution in [2.45, 2.75) is 45.6 Å². The monoisotopic (exact) mass is 291 g/mol. The minimum atomic E-state index is 0.0223. The lowest BCUT2D eigenvalue weighted by molar-refractivity contribution is -0.137. The molecule has 1 aliphatic heterocycles. The molecule has 0 radical (unpaired) electrons. The Hall–Kier alpha value is -1.55. The molecule has 1 unspecified atom stereocenters. The lowest BCUT2D eigenvalue weighted by Crippen LogP contribution is -2.46. The number of hydrogen-bond acceptors (Lipinski definition) is 3. The zero-order valence-corrected chi connectivity index (χ0v) is 13.0. The highest BCUT2D eigenvalue weighted by molar-refractivity contribution is 5.78. The van der Waals surface area contributed by atoms with Gasteiger partial charge in [-0.1, -0.05) is 12.1 Å². The molecule has 0 spiro atoms. The van der Waals surface area contributed by atoms with E-state index in [-0.39, 0.29) is 25.2 Å². The Morgan fingerprint density at radius 2 is 2.19 bits per heavy atom. The Bertz CT molecular complexity index is 485. The number of likely N-dealkylation sites (tertiary alicyclic amines) is 1. The average Bonchev–Trinajstić information content (AvgIpc) is 2.49. The maximum absolute atomic E-state index is 12.4. The maximum Gasteiger partial charge on any atom is 0.260 e. The van der Waals surface area contributed by atoms with E-state index in [1.165, 1.54) is 0 Å². The minimum absolute atomic E-state index is 0.0223. The summed E-state index contributed by atoms with van der Waals surface area (Å²) in [7, 11) is 0. The van der Waals surface area contributed by atoms with Crippen LogP contribution in [0, 0.1) is 13.8 Å². The molecule has 116 valence electrons. The van der Waals surface area contributed by atoms with Crippen LogP contribution < -0.4 is 4.74 Å². The van der Waals surface area contributed by atoms with Crippen molar-refractivity contribution in [2.75, 3.05) is 19.8 Å². The number of rotatable bonds is 5. The third-order valence-electron chi connectivity index (χ3n) is 4.10. The van der Waals surface area contributed by atoms with E-state index in [9.17, 15) is 4.79 Å². The van der Waals surface area contributed by atoms with Crippen molar-refractivity contribution in [3.05, 3.63) is 29.3 Å². The number of aliphatic hydroxyl groups excluding tert-OH is 1. The Kier molecular flexibility index (Phi) is 5.62. The molecule has 21 heavy (non-hydrogen) atoms. The number of amides is 1. The van der Waals surface area contributed by atoms with Gasteiger partial charge in [0.15, 0.2) is 6.61 Å². The molecule has 2 rings (SSSR count). The third-order valence-corrected chi connectivity index (χ3v) is 4.10. The summed E-state index contributed by atoms with van der Waals surface area (Å²) in [5.74, 6) is 0.799. The average molecular weight is 291 g/mol. The molecule has 0 saturated carbocycles. The summed E-state index contributed by atoms with van der Waals surface area (Å²) in [5, 5.41) is 9.12. The van der Waals surface area contributed by atoms with Gasteiger partial charge in [0, 0.05) is 19.2 Å². The van der Waals surface area contributed by atoms with Crippen LogP contribution in [-0.4, -0.2) is 41.7 Å². The molecular weight excluding hydrogens is 266 g/mol. The number of carbonyl (C=O) groups excluding carboxylic acids is 1. The van der Waals surface area contributed by atoms with Crippen LogP contribution in [0.25, 0.3) is 0 Å². The fourth-order valence-corrected chi connectivity index (χ4v) is 2.86. The van der Waals surface area contributed by atoms with Crippen LogP contribution in [-0.2, 0) is 4.79 Å². The van der Waals surface area contributed by atoms with Crippen LogP contribution in [0.4, 0.5) is 0 Å². The maximum atomic E-state index is 12.4. The molecule has 1 aromatic carbocycles. The summed E-state index contributed by atoms with van der Waals surface area (Å²) in [6, 6.07) is 6.17. The number of piperidine rings is 1. The second-order valence-electron chi connectivity index (χ2n) is 5.81. The summed E-state index contributed by atoms with van der Waals surface area (Å²) >= 11 is 0. The van der Waals surface area contributed by atoms with E-state index in [2.05, 4.69) is 0 Å². The molecule has 4 heteroatoms. The van der Waals surface area contributed by atoms with Gasteiger partial charge in [0.1, 0.15) is 5.75 Å². The molecule has 1 atom stereocenters.